The van der Waals surface area contributed by atoms with Crippen molar-refractivity contribution < 1.29 is 4.74 Å². The van der Waals surface area contributed by atoms with Crippen LogP contribution in [0.25, 0.3) is 0 Å². The molecule has 0 radical (unpaired) electrons. The number of ether oxygens (including phenoxy) is 1. The highest BCUT2D eigenvalue weighted by Crippen LogP contribution is 2.44. The molecule has 4 aromatic rings. The second kappa shape index (κ2) is 8.41. The minimum absolute atomic E-state index is 0. The van der Waals surface area contributed by atoms with Crippen LogP contribution in [-0.4, -0.2) is 4.98 Å². The molecule has 0 saturated heterocycles. The Balaban J connectivity index is 0.00000231. The lowest BCUT2D eigenvalue weighted by atomic mass is 10.1. The van der Waals surface area contributed by atoms with Crippen molar-refractivity contribution in [1.29, 1.82) is 0 Å². The molecule has 3 aromatic carbocycles. The van der Waals surface area contributed by atoms with Gasteiger partial charge in [0.1, 0.15) is 17.1 Å². The minimum atomic E-state index is -0.530. The Kier molecular flexibility index (Phi) is 5.67. The molecular weight excluding hydrogens is 437 g/mol. The van der Waals surface area contributed by atoms with Crippen molar-refractivity contribution in [2.45, 2.75) is 13.1 Å². The van der Waals surface area contributed by atoms with Gasteiger partial charge in [0.2, 0.25) is 0 Å². The third kappa shape index (κ3) is 3.76. The first-order chi connectivity index (χ1) is 14.6. The Hall–Kier alpha value is -3.35. The number of aromatic nitrogens is 1. The summed E-state index contributed by atoms with van der Waals surface area (Å²) in [5.41, 5.74) is 2.05. The monoisotopic (exact) mass is 453 g/mol. The van der Waals surface area contributed by atoms with E-state index in [2.05, 4.69) is 10.3 Å². The Bertz CT molecular complexity index is 1320. The zero-order valence-corrected chi connectivity index (χ0v) is 17.7. The summed E-state index contributed by atoms with van der Waals surface area (Å²) >= 11 is 6.24. The number of fused-ring (bicyclic) bond motifs is 2. The Morgan fingerprint density at radius 2 is 1.77 bits per heavy atom. The van der Waals surface area contributed by atoms with Crippen molar-refractivity contribution in [2.24, 2.45) is 0 Å². The Morgan fingerprint density at radius 1 is 1.00 bits per heavy atom. The van der Waals surface area contributed by atoms with Gasteiger partial charge in [-0.15, -0.1) is 12.4 Å². The lowest BCUT2D eigenvalue weighted by molar-refractivity contribution is 0.484. The quantitative estimate of drug-likeness (QED) is 0.447. The number of rotatable bonds is 4. The van der Waals surface area contributed by atoms with Gasteiger partial charge in [-0.2, -0.15) is 0 Å². The molecule has 0 fully saturated rings. The molecule has 1 N–H and O–H groups in total. The second-order valence-electron chi connectivity index (χ2n) is 7.00. The zero-order valence-electron chi connectivity index (χ0n) is 16.2. The van der Waals surface area contributed by atoms with E-state index in [4.69, 9.17) is 16.3 Å². The zero-order chi connectivity index (χ0) is 20.7. The van der Waals surface area contributed by atoms with E-state index in [0.29, 0.717) is 46.7 Å². The third-order valence-corrected chi connectivity index (χ3v) is 5.34. The lowest BCUT2D eigenvalue weighted by Crippen LogP contribution is -2.40. The molecule has 1 aliphatic rings. The van der Waals surface area contributed by atoms with E-state index in [1.807, 2.05) is 36.4 Å². The number of halogens is 2. The highest BCUT2D eigenvalue weighted by atomic mass is 35.5. The van der Waals surface area contributed by atoms with Gasteiger partial charge in [0.15, 0.2) is 5.75 Å². The van der Waals surface area contributed by atoms with Crippen molar-refractivity contribution in [2.75, 3.05) is 10.2 Å². The summed E-state index contributed by atoms with van der Waals surface area (Å²) in [7, 11) is 0. The van der Waals surface area contributed by atoms with Gasteiger partial charge in [-0.1, -0.05) is 29.8 Å². The van der Waals surface area contributed by atoms with Crippen LogP contribution in [0, 0.1) is 0 Å². The number of nitrogens with zero attached hydrogens (tertiary/aromatic N) is 2. The smallest absolute Gasteiger partial charge is 0.253 e. The van der Waals surface area contributed by atoms with Crippen LogP contribution in [0.1, 0.15) is 11.1 Å². The number of hydrogen-bond donors (Lipinski definition) is 1. The van der Waals surface area contributed by atoms with E-state index < -0.39 is 10.9 Å². The van der Waals surface area contributed by atoms with E-state index in [0.717, 1.165) is 11.1 Å². The van der Waals surface area contributed by atoms with Crippen LogP contribution < -0.4 is 25.8 Å². The van der Waals surface area contributed by atoms with Crippen molar-refractivity contribution in [3.05, 3.63) is 104 Å². The van der Waals surface area contributed by atoms with Crippen LogP contribution in [0.15, 0.2) is 76.6 Å². The number of hydrogen-bond acceptors (Lipinski definition) is 6. The van der Waals surface area contributed by atoms with E-state index in [1.165, 1.54) is 0 Å². The SMILES string of the molecule is Cl.O=c1c(NCc2ccncc2)c(N2Cc3ccccc3Oc3ccc(Cl)cc32)c1=O. The highest BCUT2D eigenvalue weighted by molar-refractivity contribution is 6.31. The largest absolute Gasteiger partial charge is 0.455 e. The molecule has 2 heterocycles. The summed E-state index contributed by atoms with van der Waals surface area (Å²) in [5, 5.41) is 3.63. The molecule has 0 aliphatic carbocycles. The summed E-state index contributed by atoms with van der Waals surface area (Å²) in [6, 6.07) is 16.6. The van der Waals surface area contributed by atoms with Gasteiger partial charge in [0.25, 0.3) is 10.9 Å². The molecule has 8 heteroatoms. The molecule has 0 saturated carbocycles. The van der Waals surface area contributed by atoms with Gasteiger partial charge in [0, 0.05) is 29.5 Å². The number of para-hydroxylation sites is 1. The first-order valence-corrected chi connectivity index (χ1v) is 9.78. The Morgan fingerprint density at radius 3 is 2.58 bits per heavy atom. The summed E-state index contributed by atoms with van der Waals surface area (Å²) < 4.78 is 6.09. The standard InChI is InChI=1S/C23H16ClN3O3.ClH/c24-16-5-6-19-17(11-16)27(13-15-3-1-2-4-18(15)30-19)21-20(22(28)23(21)29)26-12-14-7-9-25-10-8-14;/h1-11,26H,12-13H2;1H. The maximum atomic E-state index is 12.6. The molecule has 0 unspecified atom stereocenters. The summed E-state index contributed by atoms with van der Waals surface area (Å²) in [6.07, 6.45) is 3.36. The van der Waals surface area contributed by atoms with Gasteiger partial charge in [-0.25, -0.2) is 0 Å². The van der Waals surface area contributed by atoms with E-state index in [9.17, 15) is 9.59 Å². The van der Waals surface area contributed by atoms with Crippen LogP contribution in [0.3, 0.4) is 0 Å². The molecule has 1 aliphatic heterocycles. The van der Waals surface area contributed by atoms with E-state index in [1.54, 1.807) is 35.5 Å². The number of benzene rings is 2. The predicted molar refractivity (Wildman–Crippen MR) is 124 cm³/mol. The fourth-order valence-corrected chi connectivity index (χ4v) is 3.75. The maximum Gasteiger partial charge on any atom is 0.253 e. The van der Waals surface area contributed by atoms with Gasteiger partial charge in [0.05, 0.1) is 12.2 Å². The van der Waals surface area contributed by atoms with E-state index in [-0.39, 0.29) is 12.4 Å². The second-order valence-corrected chi connectivity index (χ2v) is 7.44. The number of nitrogens with one attached hydrogen (secondary N) is 1. The molecule has 0 bridgehead atoms. The van der Waals surface area contributed by atoms with Gasteiger partial charge >= 0.3 is 0 Å². The van der Waals surface area contributed by atoms with Crippen molar-refractivity contribution in [3.8, 4) is 11.5 Å². The summed E-state index contributed by atoms with van der Waals surface area (Å²) in [4.78, 5) is 30.8. The van der Waals surface area contributed by atoms with Gasteiger partial charge in [-0.05, 0) is 42.0 Å². The molecule has 0 atom stereocenters. The molecule has 6 nitrogen and oxygen atoms in total. The summed E-state index contributed by atoms with van der Waals surface area (Å²) in [6.45, 7) is 0.780. The normalized spacial score (nSPS) is 12.2. The fourth-order valence-electron chi connectivity index (χ4n) is 3.59. The summed E-state index contributed by atoms with van der Waals surface area (Å²) in [5.74, 6) is 1.27. The van der Waals surface area contributed by atoms with Crippen LogP contribution in [0.4, 0.5) is 17.1 Å². The van der Waals surface area contributed by atoms with Crippen LogP contribution in [0.2, 0.25) is 5.02 Å². The van der Waals surface area contributed by atoms with Crippen LogP contribution >= 0.6 is 24.0 Å². The molecule has 5 rings (SSSR count). The maximum absolute atomic E-state index is 12.6. The van der Waals surface area contributed by atoms with Crippen molar-refractivity contribution >= 4 is 41.1 Å². The van der Waals surface area contributed by atoms with E-state index >= 15 is 0 Å². The molecule has 31 heavy (non-hydrogen) atoms. The minimum Gasteiger partial charge on any atom is -0.455 e. The van der Waals surface area contributed by atoms with Crippen LogP contribution in [-0.2, 0) is 13.1 Å². The molecule has 156 valence electrons. The fraction of sp³-hybridized carbons (Fsp3) is 0.0870. The average Bonchev–Trinajstić information content (AvgIpc) is 2.93. The highest BCUT2D eigenvalue weighted by Gasteiger charge is 2.31. The molecule has 0 amide bonds. The number of anilines is 3. The topological polar surface area (TPSA) is 71.5 Å². The van der Waals surface area contributed by atoms with Gasteiger partial charge < -0.3 is 15.0 Å². The molecule has 0 spiro atoms. The average molecular weight is 454 g/mol. The predicted octanol–water partition coefficient (Wildman–Crippen LogP) is 4.81. The van der Waals surface area contributed by atoms with Gasteiger partial charge in [-0.3, -0.25) is 14.6 Å². The van der Waals surface area contributed by atoms with Crippen molar-refractivity contribution in [1.82, 2.24) is 4.98 Å². The van der Waals surface area contributed by atoms with Crippen LogP contribution in [0.5, 0.6) is 11.5 Å². The third-order valence-electron chi connectivity index (χ3n) is 5.11. The molecular formula is C23H17Cl2N3O3. The number of pyridine rings is 1. The lowest BCUT2D eigenvalue weighted by Gasteiger charge is -2.27. The molecule has 1 aromatic heterocycles. The van der Waals surface area contributed by atoms with Crippen molar-refractivity contribution in [3.63, 3.8) is 0 Å². The first-order valence-electron chi connectivity index (χ1n) is 9.41. The Labute approximate surface area is 189 Å². The first kappa shape index (κ1) is 20.9.